The maximum absolute atomic E-state index is 13.8. The van der Waals surface area contributed by atoms with Crippen molar-refractivity contribution in [2.75, 3.05) is 6.54 Å². The summed E-state index contributed by atoms with van der Waals surface area (Å²) in [6.07, 6.45) is 3.55. The van der Waals surface area contributed by atoms with Gasteiger partial charge in [0.2, 0.25) is 5.91 Å². The molecule has 1 aliphatic heterocycles. The first-order valence-electron chi connectivity index (χ1n) is 7.72. The molecule has 6 nitrogen and oxygen atoms in total. The predicted molar refractivity (Wildman–Crippen MR) is 83.5 cm³/mol. The summed E-state index contributed by atoms with van der Waals surface area (Å²) in [5.74, 6) is -1.91. The number of aromatic nitrogens is 2. The highest BCUT2D eigenvalue weighted by Crippen LogP contribution is 2.37. The van der Waals surface area contributed by atoms with Gasteiger partial charge in [-0.2, -0.15) is 0 Å². The zero-order chi connectivity index (χ0) is 17.3. The summed E-state index contributed by atoms with van der Waals surface area (Å²) >= 11 is 0. The second-order valence-corrected chi connectivity index (χ2v) is 5.92. The molecule has 1 amide bonds. The van der Waals surface area contributed by atoms with Crippen LogP contribution in [0, 0.1) is 11.7 Å². The normalized spacial score (nSPS) is 20.6. The summed E-state index contributed by atoms with van der Waals surface area (Å²) in [7, 11) is 1.76. The standard InChI is InChI=1S/C17H18FN3O3/c1-20-9-7-19-16(20)15-12(17(23)24)10-14(22)21(15)8-6-11-4-2-3-5-13(11)18/h2-5,7,9,12,15H,6,8,10H2,1H3,(H,23,24)/t12-,15+/m1/s1. The first-order chi connectivity index (χ1) is 11.5. The van der Waals surface area contributed by atoms with Gasteiger partial charge in [-0.05, 0) is 18.1 Å². The monoisotopic (exact) mass is 331 g/mol. The topological polar surface area (TPSA) is 75.4 Å². The fourth-order valence-electron chi connectivity index (χ4n) is 3.20. The van der Waals surface area contributed by atoms with E-state index in [2.05, 4.69) is 4.98 Å². The summed E-state index contributed by atoms with van der Waals surface area (Å²) in [5, 5.41) is 9.46. The lowest BCUT2D eigenvalue weighted by Crippen LogP contribution is -2.34. The van der Waals surface area contributed by atoms with E-state index in [-0.39, 0.29) is 24.7 Å². The van der Waals surface area contributed by atoms with Gasteiger partial charge in [0.25, 0.3) is 0 Å². The van der Waals surface area contributed by atoms with Crippen molar-refractivity contribution in [2.24, 2.45) is 13.0 Å². The molecule has 0 unspecified atom stereocenters. The average molecular weight is 331 g/mol. The second-order valence-electron chi connectivity index (χ2n) is 5.92. The Balaban J connectivity index is 1.86. The van der Waals surface area contributed by atoms with Crippen LogP contribution in [0.1, 0.15) is 23.9 Å². The van der Waals surface area contributed by atoms with Crippen LogP contribution in [0.2, 0.25) is 0 Å². The van der Waals surface area contributed by atoms with Crippen LogP contribution in [0.25, 0.3) is 0 Å². The first kappa shape index (κ1) is 16.2. The highest BCUT2D eigenvalue weighted by molar-refractivity contribution is 5.87. The van der Waals surface area contributed by atoms with Crippen LogP contribution in [0.5, 0.6) is 0 Å². The summed E-state index contributed by atoms with van der Waals surface area (Å²) in [6.45, 7) is 0.251. The molecule has 24 heavy (non-hydrogen) atoms. The Morgan fingerprint density at radius 1 is 1.42 bits per heavy atom. The number of carbonyl (C=O) groups excluding carboxylic acids is 1. The number of imidazole rings is 1. The van der Waals surface area contributed by atoms with E-state index >= 15 is 0 Å². The molecule has 1 aromatic heterocycles. The van der Waals surface area contributed by atoms with Crippen LogP contribution in [-0.4, -0.2) is 38.0 Å². The summed E-state index contributed by atoms with van der Waals surface area (Å²) < 4.78 is 15.5. The van der Waals surface area contributed by atoms with E-state index in [9.17, 15) is 19.1 Å². The summed E-state index contributed by atoms with van der Waals surface area (Å²) in [4.78, 5) is 29.6. The lowest BCUT2D eigenvalue weighted by atomic mass is 9.99. The minimum absolute atomic E-state index is 0.0653. The Morgan fingerprint density at radius 2 is 2.17 bits per heavy atom. The molecule has 1 fully saturated rings. The van der Waals surface area contributed by atoms with E-state index in [1.807, 2.05) is 0 Å². The molecule has 2 heterocycles. The number of likely N-dealkylation sites (tertiary alicyclic amines) is 1. The predicted octanol–water partition coefficient (Wildman–Crippen LogP) is 1.78. The van der Waals surface area contributed by atoms with E-state index < -0.39 is 17.9 Å². The van der Waals surface area contributed by atoms with E-state index in [4.69, 9.17) is 0 Å². The first-order valence-corrected chi connectivity index (χ1v) is 7.72. The van der Waals surface area contributed by atoms with Gasteiger partial charge in [-0.3, -0.25) is 9.59 Å². The zero-order valence-electron chi connectivity index (χ0n) is 13.2. The number of nitrogens with zero attached hydrogens (tertiary/aromatic N) is 3. The van der Waals surface area contributed by atoms with Crippen molar-refractivity contribution in [1.82, 2.24) is 14.5 Å². The minimum atomic E-state index is -1.02. The molecular formula is C17H18FN3O3. The van der Waals surface area contributed by atoms with E-state index in [1.165, 1.54) is 11.0 Å². The van der Waals surface area contributed by atoms with Crippen LogP contribution < -0.4 is 0 Å². The molecule has 1 saturated heterocycles. The number of aliphatic carboxylic acids is 1. The van der Waals surface area contributed by atoms with Gasteiger partial charge in [0, 0.05) is 32.4 Å². The van der Waals surface area contributed by atoms with Gasteiger partial charge < -0.3 is 14.6 Å². The van der Waals surface area contributed by atoms with Crippen LogP contribution in [-0.2, 0) is 23.1 Å². The fourth-order valence-corrected chi connectivity index (χ4v) is 3.20. The lowest BCUT2D eigenvalue weighted by Gasteiger charge is -2.26. The molecule has 0 spiro atoms. The Kier molecular flexibility index (Phi) is 4.33. The Hall–Kier alpha value is -2.70. The van der Waals surface area contributed by atoms with Crippen molar-refractivity contribution in [3.8, 4) is 0 Å². The van der Waals surface area contributed by atoms with E-state index in [0.717, 1.165) is 0 Å². The van der Waals surface area contributed by atoms with Crippen LogP contribution in [0.15, 0.2) is 36.7 Å². The van der Waals surface area contributed by atoms with Crippen molar-refractivity contribution >= 4 is 11.9 Å². The quantitative estimate of drug-likeness (QED) is 0.906. The third-order valence-electron chi connectivity index (χ3n) is 4.45. The molecule has 126 valence electrons. The number of amides is 1. The number of aryl methyl sites for hydroxylation is 1. The highest BCUT2D eigenvalue weighted by atomic mass is 19.1. The molecule has 2 atom stereocenters. The smallest absolute Gasteiger partial charge is 0.309 e. The number of carboxylic acids is 1. The van der Waals surface area contributed by atoms with E-state index in [1.54, 1.807) is 42.2 Å². The van der Waals surface area contributed by atoms with Gasteiger partial charge in [-0.15, -0.1) is 0 Å². The largest absolute Gasteiger partial charge is 0.481 e. The number of hydrogen-bond donors (Lipinski definition) is 1. The number of rotatable bonds is 5. The van der Waals surface area contributed by atoms with Crippen molar-refractivity contribution in [3.05, 3.63) is 53.9 Å². The van der Waals surface area contributed by atoms with Gasteiger partial charge in [-0.25, -0.2) is 9.37 Å². The minimum Gasteiger partial charge on any atom is -0.481 e. The molecule has 1 N–H and O–H groups in total. The van der Waals surface area contributed by atoms with Crippen LogP contribution >= 0.6 is 0 Å². The maximum Gasteiger partial charge on any atom is 0.309 e. The Labute approximate surface area is 138 Å². The molecule has 1 aromatic carbocycles. The fraction of sp³-hybridized carbons (Fsp3) is 0.353. The van der Waals surface area contributed by atoms with Crippen molar-refractivity contribution in [1.29, 1.82) is 0 Å². The number of carboxylic acid groups (broad SMARTS) is 1. The molecule has 7 heteroatoms. The third kappa shape index (κ3) is 2.89. The Bertz CT molecular complexity index is 774. The highest BCUT2D eigenvalue weighted by Gasteiger charge is 2.46. The molecular weight excluding hydrogens is 313 g/mol. The number of carbonyl (C=O) groups is 2. The van der Waals surface area contributed by atoms with Crippen molar-refractivity contribution in [3.63, 3.8) is 0 Å². The number of halogens is 1. The van der Waals surface area contributed by atoms with Crippen molar-refractivity contribution < 1.29 is 19.1 Å². The maximum atomic E-state index is 13.8. The third-order valence-corrected chi connectivity index (χ3v) is 4.45. The molecule has 0 saturated carbocycles. The SMILES string of the molecule is Cn1ccnc1[C@@H]1[C@H](C(=O)O)CC(=O)N1CCc1ccccc1F. The van der Waals surface area contributed by atoms with Crippen LogP contribution in [0.4, 0.5) is 4.39 Å². The number of hydrogen-bond acceptors (Lipinski definition) is 3. The van der Waals surface area contributed by atoms with E-state index in [0.29, 0.717) is 17.8 Å². The van der Waals surface area contributed by atoms with Gasteiger partial charge in [-0.1, -0.05) is 18.2 Å². The lowest BCUT2D eigenvalue weighted by molar-refractivity contribution is -0.142. The van der Waals surface area contributed by atoms with Gasteiger partial charge in [0.05, 0.1) is 5.92 Å². The van der Waals surface area contributed by atoms with Gasteiger partial charge in [0.15, 0.2) is 0 Å². The molecule has 0 bridgehead atoms. The zero-order valence-corrected chi connectivity index (χ0v) is 13.2. The van der Waals surface area contributed by atoms with Crippen molar-refractivity contribution in [2.45, 2.75) is 18.9 Å². The van der Waals surface area contributed by atoms with Gasteiger partial charge in [0.1, 0.15) is 17.7 Å². The Morgan fingerprint density at radius 3 is 2.79 bits per heavy atom. The molecule has 0 radical (unpaired) electrons. The molecule has 0 aliphatic carbocycles. The molecule has 1 aliphatic rings. The van der Waals surface area contributed by atoms with Gasteiger partial charge >= 0.3 is 5.97 Å². The molecule has 3 rings (SSSR count). The summed E-state index contributed by atoms with van der Waals surface area (Å²) in [5.41, 5.74) is 0.502. The molecule has 2 aromatic rings. The average Bonchev–Trinajstić information content (AvgIpc) is 3.10. The second kappa shape index (κ2) is 6.43. The summed E-state index contributed by atoms with van der Waals surface area (Å²) in [6, 6.07) is 5.75. The number of benzene rings is 1. The van der Waals surface area contributed by atoms with Crippen LogP contribution in [0.3, 0.4) is 0 Å².